The normalized spacial score (nSPS) is 11.6. The van der Waals surface area contributed by atoms with Crippen LogP contribution in [0.25, 0.3) is 22.5 Å². The topological polar surface area (TPSA) is 123 Å². The fourth-order valence-corrected chi connectivity index (χ4v) is 3.93. The van der Waals surface area contributed by atoms with E-state index in [2.05, 4.69) is 25.0 Å². The molecule has 0 aliphatic rings. The van der Waals surface area contributed by atoms with Crippen LogP contribution in [-0.4, -0.2) is 43.5 Å². The molecule has 1 aromatic carbocycles. The first-order chi connectivity index (χ1) is 13.8. The van der Waals surface area contributed by atoms with Crippen LogP contribution in [0.4, 0.5) is 5.82 Å². The molecule has 0 amide bonds. The van der Waals surface area contributed by atoms with Crippen LogP contribution in [-0.2, 0) is 10.0 Å². The van der Waals surface area contributed by atoms with Crippen molar-refractivity contribution in [2.24, 2.45) is 0 Å². The number of aromatic nitrogens is 3. The summed E-state index contributed by atoms with van der Waals surface area (Å²) in [6.45, 7) is 4.62. The van der Waals surface area contributed by atoms with Crippen molar-refractivity contribution in [3.63, 3.8) is 0 Å². The summed E-state index contributed by atoms with van der Waals surface area (Å²) in [7, 11) is -1.86. The molecule has 152 valence electrons. The number of nitrogens with zero attached hydrogens (tertiary/aromatic N) is 3. The highest BCUT2D eigenvalue weighted by atomic mass is 32.2. The summed E-state index contributed by atoms with van der Waals surface area (Å²) in [5.41, 5.74) is 10.3. The smallest absolute Gasteiger partial charge is 0.240 e. The summed E-state index contributed by atoms with van der Waals surface area (Å²) in [4.78, 5) is 13.3. The lowest BCUT2D eigenvalue weighted by Crippen LogP contribution is -2.30. The molecule has 0 unspecified atom stereocenters. The van der Waals surface area contributed by atoms with E-state index in [1.807, 2.05) is 26.0 Å². The predicted molar refractivity (Wildman–Crippen MR) is 114 cm³/mol. The minimum atomic E-state index is -3.63. The Morgan fingerprint density at radius 3 is 2.59 bits per heavy atom. The largest absolute Gasteiger partial charge is 0.382 e. The molecule has 9 heteroatoms. The number of rotatable bonds is 7. The Bertz CT molecular complexity index is 1130. The molecule has 0 radical (unpaired) electrons. The molecular formula is C20H24N6O2S. The minimum Gasteiger partial charge on any atom is -0.382 e. The molecule has 3 rings (SSSR count). The molecule has 0 atom stereocenters. The van der Waals surface area contributed by atoms with Crippen LogP contribution in [0.3, 0.4) is 0 Å². The number of benzene rings is 1. The SMILES string of the molecule is CNCCNS(=O)(=O)c1ccc(C)c(-c2cnc(N)c(-c3ccnc(C)c3)n2)c1. The Morgan fingerprint density at radius 1 is 1.07 bits per heavy atom. The highest BCUT2D eigenvalue weighted by Crippen LogP contribution is 2.29. The summed E-state index contributed by atoms with van der Waals surface area (Å²) >= 11 is 0. The van der Waals surface area contributed by atoms with E-state index in [0.717, 1.165) is 16.8 Å². The first kappa shape index (κ1) is 20.8. The quantitative estimate of drug-likeness (QED) is 0.507. The molecule has 0 fully saturated rings. The third-order valence-corrected chi connectivity index (χ3v) is 5.89. The van der Waals surface area contributed by atoms with Gasteiger partial charge in [0.1, 0.15) is 11.5 Å². The van der Waals surface area contributed by atoms with Gasteiger partial charge >= 0.3 is 0 Å². The van der Waals surface area contributed by atoms with Gasteiger partial charge < -0.3 is 11.1 Å². The molecule has 3 aromatic rings. The van der Waals surface area contributed by atoms with E-state index in [-0.39, 0.29) is 4.90 Å². The van der Waals surface area contributed by atoms with Crippen molar-refractivity contribution in [3.05, 3.63) is 54.0 Å². The van der Waals surface area contributed by atoms with Crippen molar-refractivity contribution >= 4 is 15.8 Å². The van der Waals surface area contributed by atoms with Gasteiger partial charge in [0.25, 0.3) is 0 Å². The molecular weight excluding hydrogens is 388 g/mol. The van der Waals surface area contributed by atoms with Gasteiger partial charge in [0, 0.05) is 36.1 Å². The summed E-state index contributed by atoms with van der Waals surface area (Å²) in [5, 5.41) is 2.91. The fourth-order valence-electron chi connectivity index (χ4n) is 2.87. The molecule has 0 saturated heterocycles. The van der Waals surface area contributed by atoms with E-state index in [9.17, 15) is 8.42 Å². The summed E-state index contributed by atoms with van der Waals surface area (Å²) in [5.74, 6) is 0.300. The molecule has 0 aliphatic carbocycles. The molecule has 0 spiro atoms. The molecule has 4 N–H and O–H groups in total. The standard InChI is InChI=1S/C20H24N6O2S/c1-13-4-5-16(29(27,28)25-9-8-22-3)11-17(13)18-12-24-20(21)19(26-18)15-6-7-23-14(2)10-15/h4-7,10-12,22,25H,8-9H2,1-3H3,(H2,21,24). The Labute approximate surface area is 170 Å². The molecule has 29 heavy (non-hydrogen) atoms. The Hall–Kier alpha value is -2.88. The number of nitrogens with one attached hydrogen (secondary N) is 2. The second-order valence-corrected chi connectivity index (χ2v) is 8.42. The highest BCUT2D eigenvalue weighted by Gasteiger charge is 2.17. The number of sulfonamides is 1. The lowest BCUT2D eigenvalue weighted by molar-refractivity contribution is 0.579. The Kier molecular flexibility index (Phi) is 6.21. The van der Waals surface area contributed by atoms with E-state index in [1.54, 1.807) is 37.6 Å². The van der Waals surface area contributed by atoms with Crippen LogP contribution in [0.15, 0.2) is 47.6 Å². The van der Waals surface area contributed by atoms with Crippen molar-refractivity contribution in [2.75, 3.05) is 25.9 Å². The average molecular weight is 413 g/mol. The number of nitrogen functional groups attached to an aromatic ring is 1. The molecule has 0 saturated carbocycles. The number of nitrogens with two attached hydrogens (primary N) is 1. The molecule has 0 bridgehead atoms. The third-order valence-electron chi connectivity index (χ3n) is 4.43. The predicted octanol–water partition coefficient (Wildman–Crippen LogP) is 1.90. The minimum absolute atomic E-state index is 0.175. The van der Waals surface area contributed by atoms with E-state index < -0.39 is 10.0 Å². The lowest BCUT2D eigenvalue weighted by Gasteiger charge is -2.12. The second kappa shape index (κ2) is 8.64. The zero-order chi connectivity index (χ0) is 21.0. The number of hydrogen-bond donors (Lipinski definition) is 3. The third kappa shape index (κ3) is 4.76. The lowest BCUT2D eigenvalue weighted by atomic mass is 10.1. The van der Waals surface area contributed by atoms with Gasteiger partial charge in [-0.1, -0.05) is 6.07 Å². The van der Waals surface area contributed by atoms with Crippen LogP contribution in [0.2, 0.25) is 0 Å². The number of hydrogen-bond acceptors (Lipinski definition) is 7. The monoisotopic (exact) mass is 412 g/mol. The zero-order valence-corrected chi connectivity index (χ0v) is 17.4. The van der Waals surface area contributed by atoms with E-state index in [0.29, 0.717) is 35.9 Å². The van der Waals surface area contributed by atoms with Gasteiger partial charge in [-0.3, -0.25) is 4.98 Å². The molecule has 2 heterocycles. The van der Waals surface area contributed by atoms with E-state index in [4.69, 9.17) is 5.73 Å². The van der Waals surface area contributed by atoms with Crippen molar-refractivity contribution < 1.29 is 8.42 Å². The maximum absolute atomic E-state index is 12.6. The summed E-state index contributed by atoms with van der Waals surface area (Å²) in [6, 6.07) is 8.65. The first-order valence-electron chi connectivity index (χ1n) is 9.12. The van der Waals surface area contributed by atoms with Gasteiger partial charge in [-0.25, -0.2) is 23.1 Å². The van der Waals surface area contributed by atoms with Gasteiger partial charge in [-0.05, 0) is 50.7 Å². The molecule has 2 aromatic heterocycles. The Balaban J connectivity index is 2.04. The van der Waals surface area contributed by atoms with E-state index >= 15 is 0 Å². The van der Waals surface area contributed by atoms with Gasteiger partial charge in [-0.2, -0.15) is 0 Å². The number of pyridine rings is 1. The number of aryl methyl sites for hydroxylation is 2. The second-order valence-electron chi connectivity index (χ2n) is 6.65. The van der Waals surface area contributed by atoms with Crippen molar-refractivity contribution in [3.8, 4) is 22.5 Å². The number of anilines is 1. The van der Waals surface area contributed by atoms with E-state index in [1.165, 1.54) is 0 Å². The van der Waals surface area contributed by atoms with Crippen LogP contribution in [0, 0.1) is 13.8 Å². The van der Waals surface area contributed by atoms with Gasteiger partial charge in [0.15, 0.2) is 0 Å². The summed E-state index contributed by atoms with van der Waals surface area (Å²) in [6.07, 6.45) is 3.24. The number of likely N-dealkylation sites (N-methyl/N-ethyl adjacent to an activating group) is 1. The first-order valence-corrected chi connectivity index (χ1v) is 10.6. The fraction of sp³-hybridized carbons (Fsp3) is 0.250. The highest BCUT2D eigenvalue weighted by molar-refractivity contribution is 7.89. The van der Waals surface area contributed by atoms with Gasteiger partial charge in [0.2, 0.25) is 10.0 Å². The maximum Gasteiger partial charge on any atom is 0.240 e. The van der Waals surface area contributed by atoms with Crippen LogP contribution in [0.5, 0.6) is 0 Å². The van der Waals surface area contributed by atoms with Crippen molar-refractivity contribution in [1.82, 2.24) is 25.0 Å². The van der Waals surface area contributed by atoms with Crippen LogP contribution >= 0.6 is 0 Å². The zero-order valence-electron chi connectivity index (χ0n) is 16.6. The van der Waals surface area contributed by atoms with Crippen LogP contribution < -0.4 is 15.8 Å². The van der Waals surface area contributed by atoms with Gasteiger partial charge in [-0.15, -0.1) is 0 Å². The maximum atomic E-state index is 12.6. The van der Waals surface area contributed by atoms with Crippen molar-refractivity contribution in [1.29, 1.82) is 0 Å². The Morgan fingerprint density at radius 2 is 1.86 bits per heavy atom. The average Bonchev–Trinajstić information content (AvgIpc) is 2.69. The summed E-state index contributed by atoms with van der Waals surface area (Å²) < 4.78 is 27.7. The molecule has 0 aliphatic heterocycles. The van der Waals surface area contributed by atoms with Crippen molar-refractivity contribution in [2.45, 2.75) is 18.7 Å². The van der Waals surface area contributed by atoms with Crippen LogP contribution in [0.1, 0.15) is 11.3 Å². The van der Waals surface area contributed by atoms with Gasteiger partial charge in [0.05, 0.1) is 16.8 Å². The molecule has 8 nitrogen and oxygen atoms in total.